The summed E-state index contributed by atoms with van der Waals surface area (Å²) in [6.45, 7) is 2.26. The van der Waals surface area contributed by atoms with Crippen molar-refractivity contribution in [1.29, 1.82) is 0 Å². The Morgan fingerprint density at radius 1 is 1.12 bits per heavy atom. The molecule has 2 aromatic heterocycles. The van der Waals surface area contributed by atoms with Crippen LogP contribution in [0.15, 0.2) is 54.7 Å². The summed E-state index contributed by atoms with van der Waals surface area (Å²) in [6.07, 6.45) is 2.58. The van der Waals surface area contributed by atoms with Crippen LogP contribution in [0.3, 0.4) is 0 Å². The lowest BCUT2D eigenvalue weighted by Crippen LogP contribution is -2.29. The number of aryl methyl sites for hydroxylation is 1. The van der Waals surface area contributed by atoms with Crippen LogP contribution in [0.25, 0.3) is 11.0 Å². The number of nitrogens with zero attached hydrogens (tertiary/aromatic N) is 3. The van der Waals surface area contributed by atoms with E-state index in [1.165, 1.54) is 5.56 Å². The topological polar surface area (TPSA) is 61.2 Å². The molecule has 0 bridgehead atoms. The van der Waals surface area contributed by atoms with Gasteiger partial charge in [0, 0.05) is 36.8 Å². The Kier molecular flexibility index (Phi) is 5.91. The van der Waals surface area contributed by atoms with Crippen molar-refractivity contribution >= 4 is 40.2 Å². The smallest absolute Gasteiger partial charge is 0.219 e. The van der Waals surface area contributed by atoms with Gasteiger partial charge in [-0.3, -0.25) is 0 Å². The molecule has 0 amide bonds. The van der Waals surface area contributed by atoms with Crippen LogP contribution in [-0.4, -0.2) is 27.7 Å². The Hall–Kier alpha value is -2.80. The molecule has 0 saturated carbocycles. The Bertz CT molecular complexity index is 1250. The molecule has 1 fully saturated rings. The predicted molar refractivity (Wildman–Crippen MR) is 127 cm³/mol. The van der Waals surface area contributed by atoms with Gasteiger partial charge in [-0.2, -0.15) is 0 Å². The Balaban J connectivity index is 1.27. The molecule has 0 unspecified atom stereocenters. The summed E-state index contributed by atoms with van der Waals surface area (Å²) in [6, 6.07) is 15.5. The van der Waals surface area contributed by atoms with Crippen LogP contribution in [0, 0.1) is 5.92 Å². The molecule has 164 valence electrons. The van der Waals surface area contributed by atoms with E-state index in [1.807, 2.05) is 19.2 Å². The Morgan fingerprint density at radius 3 is 2.72 bits per heavy atom. The molecule has 32 heavy (non-hydrogen) atoms. The molecule has 1 N–H and O–H groups in total. The summed E-state index contributed by atoms with van der Waals surface area (Å²) in [4.78, 5) is 8.87. The highest BCUT2D eigenvalue weighted by Gasteiger charge is 2.19. The third-order valence-electron chi connectivity index (χ3n) is 5.56. The fourth-order valence-corrected chi connectivity index (χ4v) is 4.06. The molecular weight excluding hydrogens is 447 g/mol. The average molecular weight is 469 g/mol. The van der Waals surface area contributed by atoms with Gasteiger partial charge in [-0.25, -0.2) is 9.97 Å². The second-order valence-corrected chi connectivity index (χ2v) is 8.79. The van der Waals surface area contributed by atoms with Gasteiger partial charge in [0.25, 0.3) is 0 Å². The Labute approximate surface area is 196 Å². The number of fused-ring (bicyclic) bond motifs is 1. The van der Waals surface area contributed by atoms with Crippen LogP contribution in [0.4, 0.5) is 5.95 Å². The summed E-state index contributed by atoms with van der Waals surface area (Å²) < 4.78 is 13.1. The molecule has 6 nitrogen and oxygen atoms in total. The number of hydrogen-bond donors (Lipinski definition) is 1. The molecule has 0 atom stereocenters. The highest BCUT2D eigenvalue weighted by molar-refractivity contribution is 6.31. The second kappa shape index (κ2) is 8.98. The number of halogens is 2. The summed E-state index contributed by atoms with van der Waals surface area (Å²) in [7, 11) is 2.02. The molecule has 1 aliphatic rings. The first-order valence-electron chi connectivity index (χ1n) is 10.4. The van der Waals surface area contributed by atoms with Gasteiger partial charge in [0.2, 0.25) is 11.8 Å². The van der Waals surface area contributed by atoms with Gasteiger partial charge in [-0.05, 0) is 47.9 Å². The van der Waals surface area contributed by atoms with Gasteiger partial charge in [-0.1, -0.05) is 35.3 Å². The van der Waals surface area contributed by atoms with Gasteiger partial charge in [0.05, 0.1) is 29.3 Å². The molecule has 2 aromatic carbocycles. The number of rotatable bonds is 7. The lowest BCUT2D eigenvalue weighted by atomic mass is 9.98. The molecule has 8 heteroatoms. The highest BCUT2D eigenvalue weighted by atomic mass is 35.5. The van der Waals surface area contributed by atoms with Crippen molar-refractivity contribution in [3.05, 3.63) is 75.9 Å². The summed E-state index contributed by atoms with van der Waals surface area (Å²) >= 11 is 12.4. The molecule has 0 radical (unpaired) electrons. The van der Waals surface area contributed by atoms with Gasteiger partial charge in [0.15, 0.2) is 0 Å². The fourth-order valence-electron chi connectivity index (χ4n) is 3.71. The summed E-state index contributed by atoms with van der Waals surface area (Å²) in [5, 5.41) is 4.56. The van der Waals surface area contributed by atoms with Gasteiger partial charge < -0.3 is 19.4 Å². The number of anilines is 1. The minimum atomic E-state index is 0.459. The van der Waals surface area contributed by atoms with E-state index in [0.29, 0.717) is 34.1 Å². The zero-order chi connectivity index (χ0) is 22.1. The van der Waals surface area contributed by atoms with Crippen LogP contribution in [0.5, 0.6) is 11.6 Å². The highest BCUT2D eigenvalue weighted by Crippen LogP contribution is 2.28. The van der Waals surface area contributed by atoms with Crippen LogP contribution in [0.2, 0.25) is 10.0 Å². The third kappa shape index (κ3) is 4.53. The van der Waals surface area contributed by atoms with Crippen LogP contribution < -0.4 is 10.1 Å². The largest absolute Gasteiger partial charge is 0.439 e. The quantitative estimate of drug-likeness (QED) is 0.367. The maximum atomic E-state index is 6.50. The lowest BCUT2D eigenvalue weighted by molar-refractivity contribution is -0.0312. The number of aromatic nitrogens is 3. The molecule has 1 saturated heterocycles. The second-order valence-electron chi connectivity index (χ2n) is 7.95. The summed E-state index contributed by atoms with van der Waals surface area (Å²) in [5.41, 5.74) is 4.33. The first kappa shape index (κ1) is 21.1. The number of pyridine rings is 1. The SMILES string of the molecule is Cn1c(NCc2ccc(Oc3ccc(Cl)cn3)cc2Cl)nc2ccc(CC3COC3)cc21. The number of imidazole rings is 1. The maximum absolute atomic E-state index is 6.50. The minimum absolute atomic E-state index is 0.459. The van der Waals surface area contributed by atoms with Gasteiger partial charge in [0.1, 0.15) is 5.75 Å². The zero-order valence-corrected chi connectivity index (χ0v) is 19.0. The first-order valence-corrected chi connectivity index (χ1v) is 11.2. The molecule has 4 aromatic rings. The third-order valence-corrected chi connectivity index (χ3v) is 6.14. The van der Waals surface area contributed by atoms with E-state index in [4.69, 9.17) is 37.7 Å². The van der Waals surface area contributed by atoms with Crippen molar-refractivity contribution in [3.8, 4) is 11.6 Å². The van der Waals surface area contributed by atoms with E-state index in [9.17, 15) is 0 Å². The van der Waals surface area contributed by atoms with E-state index in [2.05, 4.69) is 33.1 Å². The fraction of sp³-hybridized carbons (Fsp3) is 0.250. The lowest BCUT2D eigenvalue weighted by Gasteiger charge is -2.25. The van der Waals surface area contributed by atoms with Crippen molar-refractivity contribution in [1.82, 2.24) is 14.5 Å². The van der Waals surface area contributed by atoms with Crippen LogP contribution in [0.1, 0.15) is 11.1 Å². The van der Waals surface area contributed by atoms with E-state index in [-0.39, 0.29) is 0 Å². The van der Waals surface area contributed by atoms with Crippen LogP contribution >= 0.6 is 23.2 Å². The number of hydrogen-bond acceptors (Lipinski definition) is 5. The van der Waals surface area contributed by atoms with Crippen molar-refractivity contribution in [2.45, 2.75) is 13.0 Å². The van der Waals surface area contributed by atoms with E-state index in [0.717, 1.165) is 42.2 Å². The molecule has 5 rings (SSSR count). The van der Waals surface area contributed by atoms with E-state index < -0.39 is 0 Å². The summed E-state index contributed by atoms with van der Waals surface area (Å²) in [5.74, 6) is 2.50. The monoisotopic (exact) mass is 468 g/mol. The number of benzene rings is 2. The van der Waals surface area contributed by atoms with Gasteiger partial charge in [-0.15, -0.1) is 0 Å². The van der Waals surface area contributed by atoms with Crippen molar-refractivity contribution in [2.24, 2.45) is 13.0 Å². The molecule has 1 aliphatic heterocycles. The minimum Gasteiger partial charge on any atom is -0.439 e. The molecular formula is C24H22Cl2N4O2. The maximum Gasteiger partial charge on any atom is 0.219 e. The normalized spacial score (nSPS) is 13.8. The van der Waals surface area contributed by atoms with E-state index >= 15 is 0 Å². The van der Waals surface area contributed by atoms with Crippen molar-refractivity contribution in [3.63, 3.8) is 0 Å². The molecule has 3 heterocycles. The average Bonchev–Trinajstić information content (AvgIpc) is 3.07. The van der Waals surface area contributed by atoms with Crippen molar-refractivity contribution in [2.75, 3.05) is 18.5 Å². The molecule has 0 spiro atoms. The first-order chi connectivity index (χ1) is 15.5. The number of ether oxygens (including phenoxy) is 2. The van der Waals surface area contributed by atoms with Gasteiger partial charge >= 0.3 is 0 Å². The Morgan fingerprint density at radius 2 is 2.00 bits per heavy atom. The number of nitrogens with one attached hydrogen (secondary N) is 1. The zero-order valence-electron chi connectivity index (χ0n) is 17.5. The predicted octanol–water partition coefficient (Wildman–Crippen LogP) is 5.87. The van der Waals surface area contributed by atoms with Crippen molar-refractivity contribution < 1.29 is 9.47 Å². The van der Waals surface area contributed by atoms with E-state index in [1.54, 1.807) is 24.4 Å². The standard InChI is InChI=1S/C24H22Cl2N4O2/c1-30-22-9-15(8-16-13-31-14-16)2-6-21(22)29-24(30)28-11-17-3-5-19(10-20(17)26)32-23-7-4-18(25)12-27-23/h2-7,9-10,12,16H,8,11,13-14H2,1H3,(H,28,29). The molecule has 0 aliphatic carbocycles. The van der Waals surface area contributed by atoms with Crippen LogP contribution in [-0.2, 0) is 24.8 Å².